The van der Waals surface area contributed by atoms with E-state index in [1.807, 2.05) is 54.6 Å². The van der Waals surface area contributed by atoms with E-state index in [9.17, 15) is 4.79 Å². The summed E-state index contributed by atoms with van der Waals surface area (Å²) in [5.74, 6) is 0.421. The summed E-state index contributed by atoms with van der Waals surface area (Å²) < 4.78 is 10.1. The van der Waals surface area contributed by atoms with E-state index in [-0.39, 0.29) is 5.97 Å². The van der Waals surface area contributed by atoms with Gasteiger partial charge >= 0.3 is 5.97 Å². The van der Waals surface area contributed by atoms with Crippen LogP contribution >= 0.6 is 0 Å². The largest absolute Gasteiger partial charge is 0.497 e. The molecule has 0 spiro atoms. The van der Waals surface area contributed by atoms with Crippen LogP contribution in [-0.4, -0.2) is 20.2 Å². The Morgan fingerprint density at radius 3 is 2.14 bits per heavy atom. The van der Waals surface area contributed by atoms with Crippen molar-refractivity contribution in [1.82, 2.24) is 0 Å². The highest BCUT2D eigenvalue weighted by Gasteiger charge is 2.36. The molecule has 0 heterocycles. The SMILES string of the molecule is COC(=O)C(C)(Nc1ccc(OC)cc1)c1ccccc1. The highest BCUT2D eigenvalue weighted by atomic mass is 16.5. The van der Waals surface area contributed by atoms with Gasteiger partial charge in [-0.15, -0.1) is 0 Å². The number of hydrogen-bond acceptors (Lipinski definition) is 4. The van der Waals surface area contributed by atoms with Crippen molar-refractivity contribution < 1.29 is 14.3 Å². The number of carbonyl (C=O) groups is 1. The first-order chi connectivity index (χ1) is 10.1. The van der Waals surface area contributed by atoms with Gasteiger partial charge < -0.3 is 14.8 Å². The predicted octanol–water partition coefficient (Wildman–Crippen LogP) is 3.20. The third kappa shape index (κ3) is 3.16. The fraction of sp³-hybridized carbons (Fsp3) is 0.235. The number of nitrogens with one attached hydrogen (secondary N) is 1. The van der Waals surface area contributed by atoms with Gasteiger partial charge in [-0.05, 0) is 36.8 Å². The number of anilines is 1. The molecule has 1 atom stereocenters. The molecule has 4 nitrogen and oxygen atoms in total. The third-order valence-electron chi connectivity index (χ3n) is 3.43. The highest BCUT2D eigenvalue weighted by molar-refractivity contribution is 5.85. The van der Waals surface area contributed by atoms with Crippen molar-refractivity contribution in [1.29, 1.82) is 0 Å². The van der Waals surface area contributed by atoms with Gasteiger partial charge in [0.2, 0.25) is 0 Å². The van der Waals surface area contributed by atoms with Gasteiger partial charge in [-0.25, -0.2) is 4.79 Å². The second-order valence-electron chi connectivity index (χ2n) is 4.84. The Morgan fingerprint density at radius 2 is 1.62 bits per heavy atom. The topological polar surface area (TPSA) is 47.6 Å². The summed E-state index contributed by atoms with van der Waals surface area (Å²) in [4.78, 5) is 12.3. The van der Waals surface area contributed by atoms with Gasteiger partial charge in [0, 0.05) is 5.69 Å². The quantitative estimate of drug-likeness (QED) is 0.857. The summed E-state index contributed by atoms with van der Waals surface area (Å²) in [6.45, 7) is 1.80. The van der Waals surface area contributed by atoms with E-state index < -0.39 is 5.54 Å². The Hall–Kier alpha value is -2.49. The van der Waals surface area contributed by atoms with Crippen LogP contribution in [0.25, 0.3) is 0 Å². The van der Waals surface area contributed by atoms with Crippen molar-refractivity contribution in [2.75, 3.05) is 19.5 Å². The summed E-state index contributed by atoms with van der Waals surface area (Å²) in [5, 5.41) is 3.24. The van der Waals surface area contributed by atoms with Crippen LogP contribution in [0, 0.1) is 0 Å². The maximum Gasteiger partial charge on any atom is 0.335 e. The molecule has 0 bridgehead atoms. The van der Waals surface area contributed by atoms with Crippen molar-refractivity contribution in [3.05, 3.63) is 60.2 Å². The number of carbonyl (C=O) groups excluding carboxylic acids is 1. The van der Waals surface area contributed by atoms with E-state index in [1.165, 1.54) is 7.11 Å². The van der Waals surface area contributed by atoms with Crippen LogP contribution in [-0.2, 0) is 15.1 Å². The van der Waals surface area contributed by atoms with E-state index >= 15 is 0 Å². The van der Waals surface area contributed by atoms with Crippen molar-refractivity contribution in [2.24, 2.45) is 0 Å². The second kappa shape index (κ2) is 6.31. The lowest BCUT2D eigenvalue weighted by Gasteiger charge is -2.29. The van der Waals surface area contributed by atoms with Crippen molar-refractivity contribution >= 4 is 11.7 Å². The van der Waals surface area contributed by atoms with Crippen molar-refractivity contribution in [3.8, 4) is 5.75 Å². The molecule has 0 aliphatic carbocycles. The highest BCUT2D eigenvalue weighted by Crippen LogP contribution is 2.28. The number of hydrogen-bond donors (Lipinski definition) is 1. The van der Waals surface area contributed by atoms with Gasteiger partial charge in [0.05, 0.1) is 14.2 Å². The van der Waals surface area contributed by atoms with Gasteiger partial charge in [0.25, 0.3) is 0 Å². The van der Waals surface area contributed by atoms with Gasteiger partial charge in [0.1, 0.15) is 5.75 Å². The normalized spacial score (nSPS) is 13.1. The van der Waals surface area contributed by atoms with Crippen LogP contribution in [0.3, 0.4) is 0 Å². The van der Waals surface area contributed by atoms with Gasteiger partial charge in [0.15, 0.2) is 5.54 Å². The molecule has 2 rings (SSSR count). The van der Waals surface area contributed by atoms with E-state index in [4.69, 9.17) is 9.47 Å². The molecule has 0 saturated carbocycles. The van der Waals surface area contributed by atoms with Gasteiger partial charge in [-0.3, -0.25) is 0 Å². The summed E-state index contributed by atoms with van der Waals surface area (Å²) in [6.07, 6.45) is 0. The lowest BCUT2D eigenvalue weighted by atomic mass is 9.91. The predicted molar refractivity (Wildman–Crippen MR) is 82.4 cm³/mol. The fourth-order valence-corrected chi connectivity index (χ4v) is 2.18. The number of esters is 1. The summed E-state index contributed by atoms with van der Waals surface area (Å²) in [5.41, 5.74) is 0.699. The van der Waals surface area contributed by atoms with Crippen molar-refractivity contribution in [3.63, 3.8) is 0 Å². The molecule has 0 saturated heterocycles. The second-order valence-corrected chi connectivity index (χ2v) is 4.84. The number of ether oxygens (including phenoxy) is 2. The van der Waals surface area contributed by atoms with Crippen LogP contribution in [0.2, 0.25) is 0 Å². The number of benzene rings is 2. The van der Waals surface area contributed by atoms with Crippen LogP contribution < -0.4 is 10.1 Å². The smallest absolute Gasteiger partial charge is 0.335 e. The molecule has 4 heteroatoms. The minimum absolute atomic E-state index is 0.343. The van der Waals surface area contributed by atoms with E-state index in [1.54, 1.807) is 14.0 Å². The Kier molecular flexibility index (Phi) is 4.48. The summed E-state index contributed by atoms with van der Waals surface area (Å²) in [7, 11) is 3.00. The van der Waals surface area contributed by atoms with Crippen LogP contribution in [0.1, 0.15) is 12.5 Å². The molecule has 0 aliphatic heterocycles. The molecule has 0 amide bonds. The molecule has 1 unspecified atom stereocenters. The lowest BCUT2D eigenvalue weighted by Crippen LogP contribution is -2.41. The fourth-order valence-electron chi connectivity index (χ4n) is 2.18. The maximum atomic E-state index is 12.3. The Balaban J connectivity index is 2.34. The zero-order valence-electron chi connectivity index (χ0n) is 12.4. The standard InChI is InChI=1S/C17H19NO3/c1-17(16(19)21-3,13-7-5-4-6-8-13)18-14-9-11-15(20-2)12-10-14/h4-12,18H,1-3H3. The third-order valence-corrected chi connectivity index (χ3v) is 3.43. The molecule has 0 aromatic heterocycles. The molecular formula is C17H19NO3. The monoisotopic (exact) mass is 285 g/mol. The van der Waals surface area contributed by atoms with E-state index in [0.29, 0.717) is 0 Å². The number of methoxy groups -OCH3 is 2. The zero-order chi connectivity index (χ0) is 15.3. The van der Waals surface area contributed by atoms with E-state index in [0.717, 1.165) is 17.0 Å². The Morgan fingerprint density at radius 1 is 1.00 bits per heavy atom. The molecule has 110 valence electrons. The molecule has 21 heavy (non-hydrogen) atoms. The molecule has 0 radical (unpaired) electrons. The first kappa shape index (κ1) is 14.9. The Bertz CT molecular complexity index is 595. The molecule has 1 N–H and O–H groups in total. The summed E-state index contributed by atoms with van der Waals surface area (Å²) in [6, 6.07) is 16.9. The van der Waals surface area contributed by atoms with Crippen LogP contribution in [0.5, 0.6) is 5.75 Å². The first-order valence-electron chi connectivity index (χ1n) is 6.66. The van der Waals surface area contributed by atoms with Crippen molar-refractivity contribution in [2.45, 2.75) is 12.5 Å². The minimum atomic E-state index is -0.954. The molecule has 2 aromatic carbocycles. The lowest BCUT2D eigenvalue weighted by molar-refractivity contribution is -0.145. The molecule has 2 aromatic rings. The van der Waals surface area contributed by atoms with Crippen LogP contribution in [0.15, 0.2) is 54.6 Å². The van der Waals surface area contributed by atoms with E-state index in [2.05, 4.69) is 5.32 Å². The average molecular weight is 285 g/mol. The summed E-state index contributed by atoms with van der Waals surface area (Å²) >= 11 is 0. The minimum Gasteiger partial charge on any atom is -0.497 e. The Labute approximate surface area is 124 Å². The zero-order valence-corrected chi connectivity index (χ0v) is 12.4. The first-order valence-corrected chi connectivity index (χ1v) is 6.66. The van der Waals surface area contributed by atoms with Gasteiger partial charge in [-0.1, -0.05) is 30.3 Å². The molecule has 0 fully saturated rings. The van der Waals surface area contributed by atoms with Gasteiger partial charge in [-0.2, -0.15) is 0 Å². The molecular weight excluding hydrogens is 266 g/mol. The molecule has 0 aliphatic rings. The number of rotatable bonds is 5. The van der Waals surface area contributed by atoms with Crippen LogP contribution in [0.4, 0.5) is 5.69 Å². The average Bonchev–Trinajstić information content (AvgIpc) is 2.55. The maximum absolute atomic E-state index is 12.3.